The monoisotopic (exact) mass is 341 g/mol. The molecule has 120 valence electrons. The summed E-state index contributed by atoms with van der Waals surface area (Å²) in [5, 5.41) is 7.43. The van der Waals surface area contributed by atoms with Crippen LogP contribution in [0, 0.1) is 5.82 Å². The van der Waals surface area contributed by atoms with Gasteiger partial charge in [-0.05, 0) is 24.3 Å². The average Bonchev–Trinajstić information content (AvgIpc) is 3.19. The number of nitrogens with zero attached hydrogens (tertiary/aromatic N) is 4. The van der Waals surface area contributed by atoms with E-state index in [1.807, 2.05) is 0 Å². The summed E-state index contributed by atoms with van der Waals surface area (Å²) in [7, 11) is 0. The van der Waals surface area contributed by atoms with Crippen LogP contribution >= 0.6 is 11.8 Å². The first-order valence-corrected chi connectivity index (χ1v) is 8.39. The van der Waals surface area contributed by atoms with E-state index in [4.69, 9.17) is 0 Å². The van der Waals surface area contributed by atoms with E-state index in [-0.39, 0.29) is 17.4 Å². The van der Waals surface area contributed by atoms with Crippen molar-refractivity contribution in [3.63, 3.8) is 0 Å². The number of hydrogen-bond donors (Lipinski definition) is 1. The fourth-order valence-electron chi connectivity index (χ4n) is 2.50. The third kappa shape index (κ3) is 2.65. The van der Waals surface area contributed by atoms with Gasteiger partial charge >= 0.3 is 0 Å². The molecule has 24 heavy (non-hydrogen) atoms. The standard InChI is InChI=1S/C16H12FN5OS/c17-10-1-3-11(4-2-10)22-15(12-8-24-9-14(12)21-22)20-16(23)13-7-18-5-6-19-13/h1-7H,8-9H2,(H,20,23). The van der Waals surface area contributed by atoms with E-state index in [1.165, 1.54) is 30.7 Å². The molecule has 0 aliphatic carbocycles. The molecule has 3 aromatic rings. The maximum atomic E-state index is 13.2. The summed E-state index contributed by atoms with van der Waals surface area (Å²) in [5.74, 6) is 1.48. The fourth-order valence-corrected chi connectivity index (χ4v) is 3.53. The number of fused-ring (bicyclic) bond motifs is 1. The highest BCUT2D eigenvalue weighted by molar-refractivity contribution is 7.98. The third-order valence-electron chi connectivity index (χ3n) is 3.65. The van der Waals surface area contributed by atoms with Crippen molar-refractivity contribution in [1.29, 1.82) is 0 Å². The molecule has 8 heteroatoms. The highest BCUT2D eigenvalue weighted by Crippen LogP contribution is 2.36. The van der Waals surface area contributed by atoms with Crippen molar-refractivity contribution >= 4 is 23.5 Å². The van der Waals surface area contributed by atoms with E-state index in [9.17, 15) is 9.18 Å². The van der Waals surface area contributed by atoms with Crippen molar-refractivity contribution in [2.75, 3.05) is 5.32 Å². The van der Waals surface area contributed by atoms with Gasteiger partial charge < -0.3 is 5.32 Å². The summed E-state index contributed by atoms with van der Waals surface area (Å²) in [6, 6.07) is 5.99. The second-order valence-corrected chi connectivity index (χ2v) is 6.19. The van der Waals surface area contributed by atoms with Crippen molar-refractivity contribution < 1.29 is 9.18 Å². The van der Waals surface area contributed by atoms with E-state index >= 15 is 0 Å². The Bertz CT molecular complexity index is 895. The first kappa shape index (κ1) is 14.8. The number of nitrogens with one attached hydrogen (secondary N) is 1. The normalized spacial score (nSPS) is 12.9. The Morgan fingerprint density at radius 2 is 2.04 bits per heavy atom. The number of hydrogen-bond acceptors (Lipinski definition) is 5. The lowest BCUT2D eigenvalue weighted by molar-refractivity contribution is 0.102. The minimum atomic E-state index is -0.355. The number of halogens is 1. The van der Waals surface area contributed by atoms with Crippen molar-refractivity contribution in [2.24, 2.45) is 0 Å². The molecule has 1 aromatic carbocycles. The molecule has 3 heterocycles. The Kier molecular flexibility index (Phi) is 3.73. The lowest BCUT2D eigenvalue weighted by atomic mass is 10.2. The van der Waals surface area contributed by atoms with E-state index < -0.39 is 0 Å². The molecule has 1 aliphatic rings. The second-order valence-electron chi connectivity index (χ2n) is 5.20. The van der Waals surface area contributed by atoms with Gasteiger partial charge in [0.2, 0.25) is 0 Å². The van der Waals surface area contributed by atoms with Gasteiger partial charge in [-0.3, -0.25) is 9.78 Å². The maximum Gasteiger partial charge on any atom is 0.277 e. The topological polar surface area (TPSA) is 72.7 Å². The zero-order valence-corrected chi connectivity index (χ0v) is 13.3. The van der Waals surface area contributed by atoms with Gasteiger partial charge in [-0.2, -0.15) is 16.9 Å². The summed E-state index contributed by atoms with van der Waals surface area (Å²) < 4.78 is 14.8. The van der Waals surface area contributed by atoms with E-state index in [0.717, 1.165) is 22.8 Å². The van der Waals surface area contributed by atoms with E-state index in [0.29, 0.717) is 11.5 Å². The molecule has 1 N–H and O–H groups in total. The number of carbonyl (C=O) groups excluding carboxylic acids is 1. The van der Waals surface area contributed by atoms with Crippen LogP contribution in [-0.4, -0.2) is 25.7 Å². The predicted molar refractivity (Wildman–Crippen MR) is 88.5 cm³/mol. The highest BCUT2D eigenvalue weighted by Gasteiger charge is 2.25. The van der Waals surface area contributed by atoms with Crippen LogP contribution in [0.25, 0.3) is 5.69 Å². The summed E-state index contributed by atoms with van der Waals surface area (Å²) >= 11 is 1.74. The number of benzene rings is 1. The summed E-state index contributed by atoms with van der Waals surface area (Å²) in [5.41, 5.74) is 2.83. The quantitative estimate of drug-likeness (QED) is 0.793. The largest absolute Gasteiger partial charge is 0.305 e. The molecule has 0 spiro atoms. The highest BCUT2D eigenvalue weighted by atomic mass is 32.2. The van der Waals surface area contributed by atoms with Crippen LogP contribution in [0.2, 0.25) is 0 Å². The van der Waals surface area contributed by atoms with Crippen LogP contribution in [0.4, 0.5) is 10.2 Å². The van der Waals surface area contributed by atoms with Crippen LogP contribution < -0.4 is 5.32 Å². The SMILES string of the molecule is O=C(Nc1c2c(nn1-c1ccc(F)cc1)CSC2)c1cnccn1. The molecule has 0 radical (unpaired) electrons. The van der Waals surface area contributed by atoms with Crippen LogP contribution in [0.5, 0.6) is 0 Å². The molecule has 4 rings (SSSR count). The Morgan fingerprint density at radius 3 is 2.79 bits per heavy atom. The van der Waals surface area contributed by atoms with Gasteiger partial charge in [0.15, 0.2) is 0 Å². The van der Waals surface area contributed by atoms with Crippen LogP contribution in [0.15, 0.2) is 42.9 Å². The summed E-state index contributed by atoms with van der Waals surface area (Å²) in [4.78, 5) is 20.3. The zero-order valence-electron chi connectivity index (χ0n) is 12.4. The lowest BCUT2D eigenvalue weighted by Crippen LogP contribution is -2.17. The molecule has 0 bridgehead atoms. The number of carbonyl (C=O) groups is 1. The Balaban J connectivity index is 1.74. The van der Waals surface area contributed by atoms with Crippen molar-refractivity contribution in [3.05, 3.63) is 65.6 Å². The Morgan fingerprint density at radius 1 is 1.21 bits per heavy atom. The molecular weight excluding hydrogens is 329 g/mol. The van der Waals surface area contributed by atoms with Crippen LogP contribution in [0.1, 0.15) is 21.7 Å². The molecule has 0 saturated heterocycles. The van der Waals surface area contributed by atoms with Crippen molar-refractivity contribution in [1.82, 2.24) is 19.7 Å². The van der Waals surface area contributed by atoms with Gasteiger partial charge in [0, 0.05) is 29.5 Å². The van der Waals surface area contributed by atoms with Gasteiger partial charge in [-0.1, -0.05) is 0 Å². The van der Waals surface area contributed by atoms with Gasteiger partial charge in [0.1, 0.15) is 17.3 Å². The summed E-state index contributed by atoms with van der Waals surface area (Å²) in [6.07, 6.45) is 4.38. The number of amides is 1. The van der Waals surface area contributed by atoms with E-state index in [2.05, 4.69) is 20.4 Å². The fraction of sp³-hybridized carbons (Fsp3) is 0.125. The third-order valence-corrected chi connectivity index (χ3v) is 4.62. The van der Waals surface area contributed by atoms with E-state index in [1.54, 1.807) is 28.6 Å². The summed E-state index contributed by atoms with van der Waals surface area (Å²) in [6.45, 7) is 0. The molecular formula is C16H12FN5OS. The molecule has 2 aromatic heterocycles. The number of rotatable bonds is 3. The van der Waals surface area contributed by atoms with Crippen LogP contribution in [0.3, 0.4) is 0 Å². The van der Waals surface area contributed by atoms with Crippen molar-refractivity contribution in [2.45, 2.75) is 11.5 Å². The minimum absolute atomic E-state index is 0.226. The minimum Gasteiger partial charge on any atom is -0.305 e. The second kappa shape index (κ2) is 6.04. The van der Waals surface area contributed by atoms with Crippen molar-refractivity contribution in [3.8, 4) is 5.69 Å². The molecule has 0 fully saturated rings. The molecule has 6 nitrogen and oxygen atoms in total. The zero-order chi connectivity index (χ0) is 16.5. The number of thioether (sulfide) groups is 1. The Labute approximate surface area is 141 Å². The first-order chi connectivity index (χ1) is 11.7. The Hall–Kier alpha value is -2.74. The molecule has 0 saturated carbocycles. The smallest absolute Gasteiger partial charge is 0.277 e. The average molecular weight is 341 g/mol. The molecule has 1 aliphatic heterocycles. The predicted octanol–water partition coefficient (Wildman–Crippen LogP) is 2.80. The first-order valence-electron chi connectivity index (χ1n) is 7.24. The van der Waals surface area contributed by atoms with Crippen LogP contribution in [-0.2, 0) is 11.5 Å². The van der Waals surface area contributed by atoms with Gasteiger partial charge in [0.05, 0.1) is 17.6 Å². The number of aromatic nitrogens is 4. The number of anilines is 1. The molecule has 1 amide bonds. The van der Waals surface area contributed by atoms with Gasteiger partial charge in [-0.15, -0.1) is 0 Å². The lowest BCUT2D eigenvalue weighted by Gasteiger charge is -2.10. The molecule has 0 atom stereocenters. The van der Waals surface area contributed by atoms with Gasteiger partial charge in [-0.25, -0.2) is 14.1 Å². The van der Waals surface area contributed by atoms with Gasteiger partial charge in [0.25, 0.3) is 5.91 Å². The maximum absolute atomic E-state index is 13.2. The molecule has 0 unspecified atom stereocenters.